The van der Waals surface area contributed by atoms with E-state index in [0.717, 1.165) is 18.0 Å². The Balaban J connectivity index is 2.15. The van der Waals surface area contributed by atoms with Crippen LogP contribution in [0.2, 0.25) is 0 Å². The smallest absolute Gasteiger partial charge is 0.298 e. The van der Waals surface area contributed by atoms with Crippen molar-refractivity contribution in [1.82, 2.24) is 9.36 Å². The number of ether oxygens (including phenoxy) is 1. The Kier molecular flexibility index (Phi) is 3.74. The van der Waals surface area contributed by atoms with E-state index in [1.54, 1.807) is 0 Å². The van der Waals surface area contributed by atoms with Gasteiger partial charge in [0.1, 0.15) is 11.6 Å². The number of benzene rings is 1. The van der Waals surface area contributed by atoms with Crippen molar-refractivity contribution in [2.75, 3.05) is 0 Å². The van der Waals surface area contributed by atoms with Crippen molar-refractivity contribution in [2.24, 2.45) is 0 Å². The molecule has 2 aromatic rings. The standard InChI is InChI=1S/C13H16N2OS/c1-4-12-14-13(17-15-12)16-11-7-5-6-10(8-11)9(2)3/h5-9H,4H2,1-3H3. The lowest BCUT2D eigenvalue weighted by Gasteiger charge is -2.07. The summed E-state index contributed by atoms with van der Waals surface area (Å²) in [5.74, 6) is 2.17. The highest BCUT2D eigenvalue weighted by Crippen LogP contribution is 2.26. The molecule has 17 heavy (non-hydrogen) atoms. The summed E-state index contributed by atoms with van der Waals surface area (Å²) in [5.41, 5.74) is 1.27. The second-order valence-electron chi connectivity index (χ2n) is 4.16. The maximum absolute atomic E-state index is 5.70. The van der Waals surface area contributed by atoms with Crippen molar-refractivity contribution < 1.29 is 4.74 Å². The molecule has 0 saturated carbocycles. The minimum absolute atomic E-state index is 0.499. The first kappa shape index (κ1) is 12.0. The summed E-state index contributed by atoms with van der Waals surface area (Å²) >= 11 is 1.30. The van der Waals surface area contributed by atoms with E-state index in [-0.39, 0.29) is 0 Å². The van der Waals surface area contributed by atoms with Crippen LogP contribution in [0.4, 0.5) is 0 Å². The Labute approximate surface area is 106 Å². The van der Waals surface area contributed by atoms with Gasteiger partial charge in [0.25, 0.3) is 5.19 Å². The first-order chi connectivity index (χ1) is 8.19. The van der Waals surface area contributed by atoms with Gasteiger partial charge in [-0.15, -0.1) is 0 Å². The third-order valence-corrected chi connectivity index (χ3v) is 3.13. The highest BCUT2D eigenvalue weighted by Gasteiger charge is 2.06. The average Bonchev–Trinajstić information content (AvgIpc) is 2.77. The zero-order valence-electron chi connectivity index (χ0n) is 10.3. The van der Waals surface area contributed by atoms with Gasteiger partial charge in [-0.1, -0.05) is 32.9 Å². The second-order valence-corrected chi connectivity index (χ2v) is 4.87. The van der Waals surface area contributed by atoms with Gasteiger partial charge >= 0.3 is 0 Å². The monoisotopic (exact) mass is 248 g/mol. The van der Waals surface area contributed by atoms with Crippen molar-refractivity contribution in [1.29, 1.82) is 0 Å². The summed E-state index contributed by atoms with van der Waals surface area (Å²) in [7, 11) is 0. The van der Waals surface area contributed by atoms with E-state index >= 15 is 0 Å². The van der Waals surface area contributed by atoms with E-state index in [0.29, 0.717) is 11.1 Å². The number of nitrogens with zero attached hydrogens (tertiary/aromatic N) is 2. The summed E-state index contributed by atoms with van der Waals surface area (Å²) in [5, 5.41) is 0.614. The molecule has 4 heteroatoms. The van der Waals surface area contributed by atoms with Gasteiger partial charge in [-0.2, -0.15) is 9.36 Å². The van der Waals surface area contributed by atoms with Crippen LogP contribution < -0.4 is 4.74 Å². The van der Waals surface area contributed by atoms with Crippen molar-refractivity contribution in [2.45, 2.75) is 33.1 Å². The molecule has 1 aromatic carbocycles. The SMILES string of the molecule is CCc1nsc(Oc2cccc(C(C)C)c2)n1. The third-order valence-electron chi connectivity index (χ3n) is 2.50. The lowest BCUT2D eigenvalue weighted by atomic mass is 10.0. The molecule has 0 spiro atoms. The topological polar surface area (TPSA) is 35.0 Å². The quantitative estimate of drug-likeness (QED) is 0.819. The normalized spacial score (nSPS) is 10.8. The van der Waals surface area contributed by atoms with Gasteiger partial charge in [0.2, 0.25) is 0 Å². The molecule has 0 N–H and O–H groups in total. The minimum Gasteiger partial charge on any atom is -0.430 e. The van der Waals surface area contributed by atoms with E-state index in [4.69, 9.17) is 4.74 Å². The van der Waals surface area contributed by atoms with Crippen molar-refractivity contribution in [3.63, 3.8) is 0 Å². The van der Waals surface area contributed by atoms with Crippen LogP contribution in [0.5, 0.6) is 10.9 Å². The van der Waals surface area contributed by atoms with E-state index in [1.807, 2.05) is 19.1 Å². The molecule has 0 unspecified atom stereocenters. The molecule has 2 rings (SSSR count). The number of aromatic nitrogens is 2. The zero-order chi connectivity index (χ0) is 12.3. The van der Waals surface area contributed by atoms with Crippen LogP contribution in [0.3, 0.4) is 0 Å². The maximum Gasteiger partial charge on any atom is 0.298 e. The molecule has 0 radical (unpaired) electrons. The van der Waals surface area contributed by atoms with Gasteiger partial charge in [-0.25, -0.2) is 0 Å². The Morgan fingerprint density at radius 1 is 1.35 bits per heavy atom. The lowest BCUT2D eigenvalue weighted by molar-refractivity contribution is 0.476. The maximum atomic E-state index is 5.70. The summed E-state index contributed by atoms with van der Waals surface area (Å²) in [6.07, 6.45) is 0.839. The number of hydrogen-bond donors (Lipinski definition) is 0. The van der Waals surface area contributed by atoms with Crippen molar-refractivity contribution in [3.8, 4) is 10.9 Å². The first-order valence-electron chi connectivity index (χ1n) is 5.79. The van der Waals surface area contributed by atoms with Gasteiger partial charge in [-0.3, -0.25) is 0 Å². The minimum atomic E-state index is 0.499. The van der Waals surface area contributed by atoms with Crippen LogP contribution in [-0.2, 0) is 6.42 Å². The van der Waals surface area contributed by atoms with Gasteiger partial charge in [0.05, 0.1) is 0 Å². The van der Waals surface area contributed by atoms with E-state index in [1.165, 1.54) is 17.1 Å². The average molecular weight is 248 g/mol. The molecule has 0 saturated heterocycles. The molecule has 1 aromatic heterocycles. The molecule has 0 fully saturated rings. The largest absolute Gasteiger partial charge is 0.430 e. The van der Waals surface area contributed by atoms with E-state index < -0.39 is 0 Å². The number of hydrogen-bond acceptors (Lipinski definition) is 4. The van der Waals surface area contributed by atoms with Crippen molar-refractivity contribution >= 4 is 11.5 Å². The van der Waals surface area contributed by atoms with Crippen LogP contribution in [0.1, 0.15) is 38.1 Å². The molecule has 0 atom stereocenters. The van der Waals surface area contributed by atoms with E-state index in [2.05, 4.69) is 35.3 Å². The van der Waals surface area contributed by atoms with Gasteiger partial charge in [0, 0.05) is 18.0 Å². The summed E-state index contributed by atoms with van der Waals surface area (Å²) in [6.45, 7) is 6.36. The van der Waals surface area contributed by atoms with Gasteiger partial charge in [0.15, 0.2) is 0 Å². The van der Waals surface area contributed by atoms with Crippen LogP contribution in [0.15, 0.2) is 24.3 Å². The predicted octanol–water partition coefficient (Wildman–Crippen LogP) is 4.02. The lowest BCUT2D eigenvalue weighted by Crippen LogP contribution is -1.89. The first-order valence-corrected chi connectivity index (χ1v) is 6.56. The molecule has 90 valence electrons. The Hall–Kier alpha value is -1.42. The Morgan fingerprint density at radius 2 is 2.18 bits per heavy atom. The molecule has 0 aliphatic rings. The Morgan fingerprint density at radius 3 is 2.82 bits per heavy atom. The highest BCUT2D eigenvalue weighted by atomic mass is 32.1. The van der Waals surface area contributed by atoms with Crippen LogP contribution >= 0.6 is 11.5 Å². The third kappa shape index (κ3) is 3.03. The van der Waals surface area contributed by atoms with Crippen LogP contribution in [-0.4, -0.2) is 9.36 Å². The summed E-state index contributed by atoms with van der Waals surface area (Å²) < 4.78 is 9.89. The number of rotatable bonds is 4. The summed E-state index contributed by atoms with van der Waals surface area (Å²) in [6, 6.07) is 8.11. The Bertz CT molecular complexity index is 494. The molecule has 1 heterocycles. The molecule has 0 aliphatic carbocycles. The molecule has 3 nitrogen and oxygen atoms in total. The van der Waals surface area contributed by atoms with E-state index in [9.17, 15) is 0 Å². The van der Waals surface area contributed by atoms with Crippen LogP contribution in [0.25, 0.3) is 0 Å². The second kappa shape index (κ2) is 5.27. The van der Waals surface area contributed by atoms with Gasteiger partial charge in [-0.05, 0) is 23.6 Å². The molecular formula is C13H16N2OS. The van der Waals surface area contributed by atoms with Crippen LogP contribution in [0, 0.1) is 0 Å². The fourth-order valence-corrected chi connectivity index (χ4v) is 2.09. The molecule has 0 amide bonds. The molecule has 0 aliphatic heterocycles. The fraction of sp³-hybridized carbons (Fsp3) is 0.385. The highest BCUT2D eigenvalue weighted by molar-refractivity contribution is 7.07. The summed E-state index contributed by atoms with van der Waals surface area (Å²) in [4.78, 5) is 4.28. The molecular weight excluding hydrogens is 232 g/mol. The fourth-order valence-electron chi connectivity index (χ4n) is 1.46. The molecule has 0 bridgehead atoms. The van der Waals surface area contributed by atoms with Crippen molar-refractivity contribution in [3.05, 3.63) is 35.7 Å². The number of aryl methyl sites for hydroxylation is 1. The van der Waals surface area contributed by atoms with Gasteiger partial charge < -0.3 is 4.74 Å². The predicted molar refractivity (Wildman–Crippen MR) is 69.9 cm³/mol. The zero-order valence-corrected chi connectivity index (χ0v) is 11.1.